The van der Waals surface area contributed by atoms with E-state index in [0.717, 1.165) is 12.7 Å². The van der Waals surface area contributed by atoms with Crippen LogP contribution < -0.4 is 11.7 Å². The molecular weight excluding hydrogens is 160 g/mol. The molecule has 0 atom stereocenters. The maximum Gasteiger partial charge on any atom is 0.179 e. The summed E-state index contributed by atoms with van der Waals surface area (Å²) in [6.45, 7) is 1.68. The van der Waals surface area contributed by atoms with Crippen molar-refractivity contribution in [2.24, 2.45) is 42.3 Å². The zero-order valence-electron chi connectivity index (χ0n) is 6.57. The highest BCUT2D eigenvalue weighted by molar-refractivity contribution is 5.54. The van der Waals surface area contributed by atoms with Gasteiger partial charge in [0.25, 0.3) is 0 Å². The molecule has 0 bridgehead atoms. The zero-order valence-corrected chi connectivity index (χ0v) is 6.57. The number of nitrogens with two attached hydrogens (primary N) is 2. The Morgan fingerprint density at radius 3 is 1.75 bits per heavy atom. The molecule has 0 aliphatic rings. The summed E-state index contributed by atoms with van der Waals surface area (Å²) in [4.78, 5) is 0. The largest absolute Gasteiger partial charge is 0.322 e. The summed E-state index contributed by atoms with van der Waals surface area (Å²) in [5.41, 5.74) is 0. The van der Waals surface area contributed by atoms with Crippen LogP contribution in [0.4, 0.5) is 0 Å². The van der Waals surface area contributed by atoms with Crippen LogP contribution in [-0.4, -0.2) is 18.8 Å². The first-order valence-corrected chi connectivity index (χ1v) is 3.04. The number of hydrazone groups is 2. The van der Waals surface area contributed by atoms with Crippen molar-refractivity contribution in [1.29, 1.82) is 0 Å². The van der Waals surface area contributed by atoms with E-state index >= 15 is 0 Å². The summed E-state index contributed by atoms with van der Waals surface area (Å²) < 4.78 is 0. The van der Waals surface area contributed by atoms with Crippen LogP contribution in [0, 0.1) is 0 Å². The number of nitrogens with zero attached hydrogens (tertiary/aromatic N) is 6. The molecule has 0 amide bonds. The highest BCUT2D eigenvalue weighted by atomic mass is 15.3. The summed E-state index contributed by atoms with van der Waals surface area (Å²) in [7, 11) is 0. The summed E-state index contributed by atoms with van der Waals surface area (Å²) in [5, 5.41) is 20.3. The molecule has 0 unspecified atom stereocenters. The van der Waals surface area contributed by atoms with E-state index < -0.39 is 6.17 Å². The minimum absolute atomic E-state index is 0.402. The minimum Gasteiger partial charge on any atom is -0.322 e. The molecule has 0 radical (unpaired) electrons. The Hall–Kier alpha value is -1.86. The Balaban J connectivity index is 3.79. The first kappa shape index (κ1) is 10.1. The fourth-order valence-electron chi connectivity index (χ4n) is 0.335. The zero-order chi connectivity index (χ0) is 9.23. The van der Waals surface area contributed by atoms with Gasteiger partial charge in [0.1, 0.15) is 0 Å². The van der Waals surface area contributed by atoms with Crippen molar-refractivity contribution in [3.05, 3.63) is 0 Å². The van der Waals surface area contributed by atoms with Crippen molar-refractivity contribution < 1.29 is 0 Å². The third kappa shape index (κ3) is 6.26. The van der Waals surface area contributed by atoms with Gasteiger partial charge >= 0.3 is 0 Å². The highest BCUT2D eigenvalue weighted by Crippen LogP contribution is 1.91. The van der Waals surface area contributed by atoms with Gasteiger partial charge in [-0.3, -0.25) is 0 Å². The van der Waals surface area contributed by atoms with Crippen molar-refractivity contribution in [1.82, 2.24) is 0 Å². The van der Waals surface area contributed by atoms with Crippen molar-refractivity contribution in [3.63, 3.8) is 0 Å². The quantitative estimate of drug-likeness (QED) is 0.203. The van der Waals surface area contributed by atoms with Gasteiger partial charge in [-0.2, -0.15) is 20.4 Å². The summed E-state index contributed by atoms with van der Waals surface area (Å²) in [6.07, 6.45) is 1.80. The van der Waals surface area contributed by atoms with Gasteiger partial charge in [0.05, 0.1) is 0 Å². The monoisotopic (exact) mass is 170 g/mol. The molecule has 12 heavy (non-hydrogen) atoms. The molecule has 0 aromatic heterocycles. The van der Waals surface area contributed by atoms with E-state index in [0.29, 0.717) is 0 Å². The van der Waals surface area contributed by atoms with Crippen LogP contribution in [0.15, 0.2) is 30.7 Å². The molecule has 0 spiro atoms. The lowest BCUT2D eigenvalue weighted by Gasteiger charge is -1.90. The van der Waals surface area contributed by atoms with Gasteiger partial charge in [0.2, 0.25) is 0 Å². The fraction of sp³-hybridized carbons (Fsp3) is 0.500. The van der Waals surface area contributed by atoms with Crippen LogP contribution in [0.3, 0.4) is 0 Å². The smallest absolute Gasteiger partial charge is 0.179 e. The van der Waals surface area contributed by atoms with Crippen LogP contribution in [0.25, 0.3) is 0 Å². The summed E-state index contributed by atoms with van der Waals surface area (Å²) in [6, 6.07) is 0. The van der Waals surface area contributed by atoms with Crippen molar-refractivity contribution >= 4 is 12.7 Å². The Morgan fingerprint density at radius 1 is 1.00 bits per heavy atom. The van der Waals surface area contributed by atoms with E-state index in [4.69, 9.17) is 11.7 Å². The molecular formula is C4H10N8. The molecule has 8 nitrogen and oxygen atoms in total. The van der Waals surface area contributed by atoms with Gasteiger partial charge in [-0.1, -0.05) is 0 Å². The van der Waals surface area contributed by atoms with Gasteiger partial charge in [-0.25, -0.2) is 0 Å². The van der Waals surface area contributed by atoms with Gasteiger partial charge in [-0.05, 0) is 6.92 Å². The molecule has 0 rings (SSSR count). The lowest BCUT2D eigenvalue weighted by atomic mass is 10.6. The van der Waals surface area contributed by atoms with E-state index in [1.165, 1.54) is 0 Å². The molecule has 0 saturated heterocycles. The molecule has 66 valence electrons. The first-order chi connectivity index (χ1) is 5.81. The number of hydrogen-bond acceptors (Lipinski definition) is 6. The van der Waals surface area contributed by atoms with Crippen LogP contribution in [0.2, 0.25) is 0 Å². The molecule has 4 N–H and O–H groups in total. The SMILES string of the molecule is CC(N=NC=NN)N=NC=NN. The van der Waals surface area contributed by atoms with Crippen LogP contribution in [0.1, 0.15) is 6.92 Å². The Morgan fingerprint density at radius 2 is 1.42 bits per heavy atom. The number of azo groups is 2. The van der Waals surface area contributed by atoms with Crippen LogP contribution >= 0.6 is 0 Å². The Bertz CT molecular complexity index is 181. The normalized spacial score (nSPS) is 15.8. The van der Waals surface area contributed by atoms with Crippen molar-refractivity contribution in [2.75, 3.05) is 0 Å². The molecule has 0 saturated carbocycles. The van der Waals surface area contributed by atoms with Crippen molar-refractivity contribution in [2.45, 2.75) is 13.1 Å². The molecule has 0 heterocycles. The second kappa shape index (κ2) is 7.25. The molecule has 8 heteroatoms. The Kier molecular flexibility index (Phi) is 6.13. The van der Waals surface area contributed by atoms with E-state index in [2.05, 4.69) is 30.7 Å². The average Bonchev–Trinajstić information content (AvgIpc) is 2.06. The lowest BCUT2D eigenvalue weighted by Crippen LogP contribution is -1.90. The lowest BCUT2D eigenvalue weighted by molar-refractivity contribution is 0.714. The van der Waals surface area contributed by atoms with E-state index in [1.54, 1.807) is 6.92 Å². The maximum atomic E-state index is 4.76. The average molecular weight is 170 g/mol. The number of hydrogen-bond donors (Lipinski definition) is 2. The van der Waals surface area contributed by atoms with Crippen LogP contribution in [-0.2, 0) is 0 Å². The van der Waals surface area contributed by atoms with Gasteiger partial charge in [0.15, 0.2) is 18.8 Å². The highest BCUT2D eigenvalue weighted by Gasteiger charge is 1.90. The summed E-state index contributed by atoms with van der Waals surface area (Å²) in [5.74, 6) is 9.52. The first-order valence-electron chi connectivity index (χ1n) is 3.04. The van der Waals surface area contributed by atoms with Gasteiger partial charge in [0, 0.05) is 0 Å². The topological polar surface area (TPSA) is 126 Å². The third-order valence-corrected chi connectivity index (χ3v) is 0.704. The second-order valence-electron chi connectivity index (χ2n) is 1.62. The molecule has 0 fully saturated rings. The molecule has 0 aliphatic heterocycles. The van der Waals surface area contributed by atoms with E-state index in [-0.39, 0.29) is 0 Å². The predicted molar refractivity (Wildman–Crippen MR) is 44.5 cm³/mol. The Labute approximate surface area is 69.1 Å². The molecule has 0 aliphatic carbocycles. The molecule has 0 aromatic carbocycles. The van der Waals surface area contributed by atoms with E-state index in [1.807, 2.05) is 0 Å². The molecule has 0 aromatic rings. The number of rotatable bonds is 4. The third-order valence-electron chi connectivity index (χ3n) is 0.704. The van der Waals surface area contributed by atoms with E-state index in [9.17, 15) is 0 Å². The van der Waals surface area contributed by atoms with Gasteiger partial charge < -0.3 is 11.7 Å². The maximum absolute atomic E-state index is 4.76. The standard InChI is InChI=1S/C4H10N8/c1-4(11-9-2-7-5)12-10-3-8-6/h2-4H,5-6H2,1H3. The fourth-order valence-corrected chi connectivity index (χ4v) is 0.335. The van der Waals surface area contributed by atoms with Crippen molar-refractivity contribution in [3.8, 4) is 0 Å². The summed E-state index contributed by atoms with van der Waals surface area (Å²) >= 11 is 0. The second-order valence-corrected chi connectivity index (χ2v) is 1.62. The van der Waals surface area contributed by atoms with Crippen LogP contribution in [0.5, 0.6) is 0 Å². The predicted octanol–water partition coefficient (Wildman–Crippen LogP) is 0.0408. The minimum atomic E-state index is -0.402. The van der Waals surface area contributed by atoms with Gasteiger partial charge in [-0.15, -0.1) is 10.2 Å².